The number of likely N-dealkylation sites (tertiary alicyclic amines) is 1. The molecule has 5 nitrogen and oxygen atoms in total. The second-order valence-electron chi connectivity index (χ2n) is 7.28. The Bertz CT molecular complexity index is 567. The molecule has 126 valence electrons. The smallest absolute Gasteiger partial charge is 0.231 e. The molecule has 2 saturated heterocycles. The topological polar surface area (TPSA) is 34.2 Å². The van der Waals surface area contributed by atoms with E-state index in [0.717, 1.165) is 50.6 Å². The standard InChI is InChI=1S/C18H26N2O3/c1-19(2)15-10-18(23-12-15)5-7-20(8-6-18)11-14-3-4-16-17(9-14)22-13-21-16/h3-4,9,15H,5-8,10-13H2,1-2H3/t15-/m1/s1. The van der Waals surface area contributed by atoms with E-state index in [1.54, 1.807) is 0 Å². The van der Waals surface area contributed by atoms with Crippen molar-refractivity contribution in [2.75, 3.05) is 40.6 Å². The van der Waals surface area contributed by atoms with Gasteiger partial charge in [0.25, 0.3) is 0 Å². The highest BCUT2D eigenvalue weighted by Crippen LogP contribution is 2.38. The van der Waals surface area contributed by atoms with Gasteiger partial charge in [-0.2, -0.15) is 0 Å². The summed E-state index contributed by atoms with van der Waals surface area (Å²) in [7, 11) is 4.31. The van der Waals surface area contributed by atoms with Crippen LogP contribution in [0.1, 0.15) is 24.8 Å². The predicted octanol–water partition coefficient (Wildman–Crippen LogP) is 2.10. The Kier molecular flexibility index (Phi) is 3.95. The van der Waals surface area contributed by atoms with Gasteiger partial charge in [-0.15, -0.1) is 0 Å². The molecule has 0 aliphatic carbocycles. The Balaban J connectivity index is 1.33. The molecule has 0 N–H and O–H groups in total. The van der Waals surface area contributed by atoms with Gasteiger partial charge < -0.3 is 19.1 Å². The first kappa shape index (κ1) is 15.2. The van der Waals surface area contributed by atoms with Crippen molar-refractivity contribution in [3.05, 3.63) is 23.8 Å². The maximum absolute atomic E-state index is 6.21. The van der Waals surface area contributed by atoms with Crippen LogP contribution < -0.4 is 9.47 Å². The Hall–Kier alpha value is -1.30. The Morgan fingerprint density at radius 2 is 1.96 bits per heavy atom. The lowest BCUT2D eigenvalue weighted by molar-refractivity contribution is -0.0451. The zero-order valence-corrected chi connectivity index (χ0v) is 14.1. The third-order valence-corrected chi connectivity index (χ3v) is 5.53. The van der Waals surface area contributed by atoms with Crippen molar-refractivity contribution in [3.8, 4) is 11.5 Å². The third-order valence-electron chi connectivity index (χ3n) is 5.53. The summed E-state index contributed by atoms with van der Waals surface area (Å²) in [6.07, 6.45) is 3.46. The summed E-state index contributed by atoms with van der Waals surface area (Å²) in [5, 5.41) is 0. The van der Waals surface area contributed by atoms with Crippen molar-refractivity contribution in [1.29, 1.82) is 0 Å². The van der Waals surface area contributed by atoms with Crippen LogP contribution >= 0.6 is 0 Å². The summed E-state index contributed by atoms with van der Waals surface area (Å²) in [4.78, 5) is 4.82. The van der Waals surface area contributed by atoms with Gasteiger partial charge in [0.1, 0.15) is 0 Å². The largest absolute Gasteiger partial charge is 0.454 e. The number of benzene rings is 1. The minimum absolute atomic E-state index is 0.125. The van der Waals surface area contributed by atoms with Gasteiger partial charge in [-0.25, -0.2) is 0 Å². The van der Waals surface area contributed by atoms with Gasteiger partial charge in [0, 0.05) is 25.7 Å². The average molecular weight is 318 g/mol. The molecule has 3 aliphatic heterocycles. The lowest BCUT2D eigenvalue weighted by Crippen LogP contribution is -2.44. The van der Waals surface area contributed by atoms with Crippen LogP contribution in [0.25, 0.3) is 0 Å². The first-order valence-corrected chi connectivity index (χ1v) is 8.55. The van der Waals surface area contributed by atoms with Crippen LogP contribution in [0.2, 0.25) is 0 Å². The second kappa shape index (κ2) is 5.96. The number of ether oxygens (including phenoxy) is 3. The maximum atomic E-state index is 6.21. The van der Waals surface area contributed by atoms with Crippen molar-refractivity contribution in [3.63, 3.8) is 0 Å². The molecule has 1 atom stereocenters. The first-order chi connectivity index (χ1) is 11.1. The van der Waals surface area contributed by atoms with E-state index in [1.165, 1.54) is 12.0 Å². The van der Waals surface area contributed by atoms with Crippen LogP contribution in [0.3, 0.4) is 0 Å². The SMILES string of the molecule is CN(C)[C@H]1COC2(CCN(Cc3ccc4c(c3)OCO4)CC2)C1. The molecular formula is C18H26N2O3. The molecular weight excluding hydrogens is 292 g/mol. The molecule has 0 aromatic heterocycles. The number of fused-ring (bicyclic) bond motifs is 1. The van der Waals surface area contributed by atoms with E-state index < -0.39 is 0 Å². The van der Waals surface area contributed by atoms with Gasteiger partial charge in [0.15, 0.2) is 11.5 Å². The number of hydrogen-bond acceptors (Lipinski definition) is 5. The molecule has 1 aromatic rings. The van der Waals surface area contributed by atoms with E-state index in [-0.39, 0.29) is 5.60 Å². The normalized spacial score (nSPS) is 26.3. The molecule has 0 radical (unpaired) electrons. The summed E-state index contributed by atoms with van der Waals surface area (Å²) >= 11 is 0. The minimum atomic E-state index is 0.125. The molecule has 0 saturated carbocycles. The number of hydrogen-bond donors (Lipinski definition) is 0. The summed E-state index contributed by atoms with van der Waals surface area (Å²) in [6.45, 7) is 4.41. The highest BCUT2D eigenvalue weighted by Gasteiger charge is 2.43. The molecule has 23 heavy (non-hydrogen) atoms. The van der Waals surface area contributed by atoms with E-state index in [4.69, 9.17) is 14.2 Å². The van der Waals surface area contributed by atoms with Crippen LogP contribution in [-0.4, -0.2) is 62.0 Å². The predicted molar refractivity (Wildman–Crippen MR) is 87.9 cm³/mol. The lowest BCUT2D eigenvalue weighted by Gasteiger charge is -2.39. The fourth-order valence-corrected chi connectivity index (χ4v) is 3.92. The van der Waals surface area contributed by atoms with Gasteiger partial charge in [0.2, 0.25) is 6.79 Å². The van der Waals surface area contributed by atoms with Gasteiger partial charge in [0.05, 0.1) is 12.2 Å². The fourth-order valence-electron chi connectivity index (χ4n) is 3.92. The summed E-state index contributed by atoms with van der Waals surface area (Å²) in [5.41, 5.74) is 1.42. The van der Waals surface area contributed by atoms with Crippen LogP contribution in [0.4, 0.5) is 0 Å². The minimum Gasteiger partial charge on any atom is -0.454 e. The summed E-state index contributed by atoms with van der Waals surface area (Å²) in [6, 6.07) is 6.85. The quantitative estimate of drug-likeness (QED) is 0.853. The van der Waals surface area contributed by atoms with E-state index in [1.807, 2.05) is 6.07 Å². The molecule has 0 amide bonds. The van der Waals surface area contributed by atoms with E-state index in [2.05, 4.69) is 36.0 Å². The van der Waals surface area contributed by atoms with Crippen molar-refractivity contribution in [1.82, 2.24) is 9.80 Å². The molecule has 0 bridgehead atoms. The van der Waals surface area contributed by atoms with Gasteiger partial charge >= 0.3 is 0 Å². The summed E-state index contributed by atoms with van der Waals surface area (Å²) < 4.78 is 17.1. The summed E-state index contributed by atoms with van der Waals surface area (Å²) in [5.74, 6) is 1.74. The molecule has 4 rings (SSSR count). The Morgan fingerprint density at radius 1 is 1.17 bits per heavy atom. The number of nitrogens with zero attached hydrogens (tertiary/aromatic N) is 2. The second-order valence-corrected chi connectivity index (χ2v) is 7.28. The molecule has 2 fully saturated rings. The number of rotatable bonds is 3. The Labute approximate surface area is 138 Å². The maximum Gasteiger partial charge on any atom is 0.231 e. The third kappa shape index (κ3) is 3.05. The van der Waals surface area contributed by atoms with Crippen molar-refractivity contribution < 1.29 is 14.2 Å². The molecule has 1 aromatic carbocycles. The van der Waals surface area contributed by atoms with E-state index in [0.29, 0.717) is 12.8 Å². The van der Waals surface area contributed by atoms with E-state index >= 15 is 0 Å². The van der Waals surface area contributed by atoms with Gasteiger partial charge in [-0.05, 0) is 51.1 Å². The van der Waals surface area contributed by atoms with Crippen LogP contribution in [0.5, 0.6) is 11.5 Å². The van der Waals surface area contributed by atoms with Crippen molar-refractivity contribution in [2.45, 2.75) is 37.5 Å². The zero-order valence-electron chi connectivity index (χ0n) is 14.1. The van der Waals surface area contributed by atoms with Gasteiger partial charge in [-0.3, -0.25) is 4.90 Å². The van der Waals surface area contributed by atoms with Crippen molar-refractivity contribution >= 4 is 0 Å². The zero-order chi connectivity index (χ0) is 15.9. The average Bonchev–Trinajstić information content (AvgIpc) is 3.17. The number of likely N-dealkylation sites (N-methyl/N-ethyl adjacent to an activating group) is 1. The number of piperidine rings is 1. The Morgan fingerprint density at radius 3 is 2.70 bits per heavy atom. The van der Waals surface area contributed by atoms with E-state index in [9.17, 15) is 0 Å². The van der Waals surface area contributed by atoms with Crippen LogP contribution in [0.15, 0.2) is 18.2 Å². The molecule has 3 heterocycles. The highest BCUT2D eigenvalue weighted by molar-refractivity contribution is 5.44. The molecule has 5 heteroatoms. The monoisotopic (exact) mass is 318 g/mol. The van der Waals surface area contributed by atoms with Crippen molar-refractivity contribution in [2.24, 2.45) is 0 Å². The highest BCUT2D eigenvalue weighted by atomic mass is 16.7. The van der Waals surface area contributed by atoms with Crippen LogP contribution in [0, 0.1) is 0 Å². The molecule has 1 spiro atoms. The fraction of sp³-hybridized carbons (Fsp3) is 0.667. The first-order valence-electron chi connectivity index (χ1n) is 8.55. The lowest BCUT2D eigenvalue weighted by atomic mass is 9.87. The van der Waals surface area contributed by atoms with Gasteiger partial charge in [-0.1, -0.05) is 6.07 Å². The molecule has 0 unspecified atom stereocenters. The van der Waals surface area contributed by atoms with Crippen LogP contribution in [-0.2, 0) is 11.3 Å². The molecule has 3 aliphatic rings.